The number of piperidine rings is 1. The molecule has 9 nitrogen and oxygen atoms in total. The van der Waals surface area contributed by atoms with Crippen molar-refractivity contribution < 1.29 is 34.8 Å². The molecule has 1 N–H and O–H groups in total. The Kier molecular flexibility index (Phi) is 9.18. The lowest BCUT2D eigenvalue weighted by molar-refractivity contribution is -0.138. The zero-order valence-electron chi connectivity index (χ0n) is 23.2. The fourth-order valence-electron chi connectivity index (χ4n) is 4.78. The molecule has 1 aliphatic heterocycles. The van der Waals surface area contributed by atoms with Crippen molar-refractivity contribution in [2.24, 2.45) is 0 Å². The van der Waals surface area contributed by atoms with Crippen LogP contribution < -0.4 is 5.32 Å². The molecular weight excluding hydrogens is 588 g/mol. The van der Waals surface area contributed by atoms with Gasteiger partial charge in [0.15, 0.2) is 0 Å². The molecule has 1 aliphatic rings. The number of rotatable bonds is 9. The zero-order chi connectivity index (χ0) is 30.9. The molecule has 0 bridgehead atoms. The van der Waals surface area contributed by atoms with Crippen LogP contribution in [0, 0.1) is 0 Å². The average molecular weight is 620 g/mol. The van der Waals surface area contributed by atoms with E-state index in [0.717, 1.165) is 29.4 Å². The molecule has 0 amide bonds. The van der Waals surface area contributed by atoms with E-state index >= 15 is 0 Å². The molecule has 2 aromatic heterocycles. The van der Waals surface area contributed by atoms with Gasteiger partial charge in [0, 0.05) is 38.1 Å². The molecular formula is C26H31F6N7O2S. The Morgan fingerprint density at radius 2 is 1.64 bits per heavy atom. The largest absolute Gasteiger partial charge is 0.420 e. The van der Waals surface area contributed by atoms with E-state index in [2.05, 4.69) is 20.3 Å². The average Bonchev–Trinajstić information content (AvgIpc) is 3.40. The van der Waals surface area contributed by atoms with Crippen LogP contribution >= 0.6 is 0 Å². The molecule has 1 aromatic carbocycles. The van der Waals surface area contributed by atoms with Crippen LogP contribution in [-0.4, -0.2) is 75.6 Å². The van der Waals surface area contributed by atoms with Gasteiger partial charge in [0.25, 0.3) is 0 Å². The summed E-state index contributed by atoms with van der Waals surface area (Å²) in [6, 6.07) is 3.56. The molecule has 16 heteroatoms. The van der Waals surface area contributed by atoms with Gasteiger partial charge < -0.3 is 9.88 Å². The van der Waals surface area contributed by atoms with E-state index in [1.165, 1.54) is 10.4 Å². The van der Waals surface area contributed by atoms with Gasteiger partial charge in [-0.1, -0.05) is 19.9 Å². The summed E-state index contributed by atoms with van der Waals surface area (Å²) in [4.78, 5) is 13.8. The first kappa shape index (κ1) is 31.7. The number of benzene rings is 1. The second-order valence-electron chi connectivity index (χ2n) is 10.0. The van der Waals surface area contributed by atoms with Gasteiger partial charge in [-0.05, 0) is 43.6 Å². The van der Waals surface area contributed by atoms with Gasteiger partial charge in [-0.15, -0.1) is 0 Å². The molecule has 1 saturated heterocycles. The van der Waals surface area contributed by atoms with Crippen LogP contribution in [0.15, 0.2) is 36.9 Å². The molecule has 42 heavy (non-hydrogen) atoms. The van der Waals surface area contributed by atoms with Gasteiger partial charge in [0.2, 0.25) is 16.0 Å². The third kappa shape index (κ3) is 7.39. The van der Waals surface area contributed by atoms with Gasteiger partial charge in [0.05, 0.1) is 23.8 Å². The van der Waals surface area contributed by atoms with Crippen LogP contribution in [0.5, 0.6) is 0 Å². The topological polar surface area (TPSA) is 96.3 Å². The summed E-state index contributed by atoms with van der Waals surface area (Å²) in [7, 11) is -3.36. The number of alkyl halides is 6. The number of aromatic nitrogens is 4. The van der Waals surface area contributed by atoms with Gasteiger partial charge in [-0.3, -0.25) is 4.90 Å². The summed E-state index contributed by atoms with van der Waals surface area (Å²) in [6.07, 6.45) is -5.04. The predicted octanol–water partition coefficient (Wildman–Crippen LogP) is 5.04. The Morgan fingerprint density at radius 1 is 1.00 bits per heavy atom. The number of sulfonamides is 1. The maximum Gasteiger partial charge on any atom is 0.420 e. The fourth-order valence-corrected chi connectivity index (χ4v) is 5.66. The van der Waals surface area contributed by atoms with Crippen LogP contribution in [0.25, 0.3) is 17.1 Å². The van der Waals surface area contributed by atoms with E-state index in [4.69, 9.17) is 0 Å². The van der Waals surface area contributed by atoms with Crippen molar-refractivity contribution in [3.05, 3.63) is 53.6 Å². The molecule has 0 saturated carbocycles. The minimum Gasteiger partial charge on any atom is -0.351 e. The summed E-state index contributed by atoms with van der Waals surface area (Å²) in [5.41, 5.74) is -2.88. The lowest BCUT2D eigenvalue weighted by Crippen LogP contribution is -2.42. The van der Waals surface area contributed by atoms with Gasteiger partial charge >= 0.3 is 12.4 Å². The van der Waals surface area contributed by atoms with Crippen molar-refractivity contribution in [3.63, 3.8) is 0 Å². The first-order valence-electron chi connectivity index (χ1n) is 13.2. The summed E-state index contributed by atoms with van der Waals surface area (Å²) in [5.74, 6) is -0.137. The first-order chi connectivity index (χ1) is 19.6. The number of nitrogens with zero attached hydrogens (tertiary/aromatic N) is 6. The smallest absolute Gasteiger partial charge is 0.351 e. The Bertz CT molecular complexity index is 1500. The number of hydrogen-bond donors (Lipinski definition) is 1. The minimum absolute atomic E-state index is 0.137. The molecule has 4 rings (SSSR count). The Labute approximate surface area is 239 Å². The molecule has 0 spiro atoms. The minimum atomic E-state index is -4.86. The molecule has 0 atom stereocenters. The summed E-state index contributed by atoms with van der Waals surface area (Å²) >= 11 is 0. The highest BCUT2D eigenvalue weighted by Gasteiger charge is 2.37. The third-order valence-corrected chi connectivity index (χ3v) is 8.42. The van der Waals surface area contributed by atoms with Crippen LogP contribution in [0.2, 0.25) is 0 Å². The maximum absolute atomic E-state index is 14.1. The molecule has 0 unspecified atom stereocenters. The number of anilines is 1. The zero-order valence-corrected chi connectivity index (χ0v) is 24.0. The standard InChI is InChI=1S/C26H31F6N7O2S/c1-4-37(5-2)14-17-6-7-22(19(12-17)25(27,28)29)38-15-21(34-16-38)23-20(26(30,31)32)13-33-24(36-23)35-18-8-10-39(11-9-18)42(3,40)41/h6-7,12-13,15-16,18H,4-5,8-11,14H2,1-3H3,(H,33,35,36). The Morgan fingerprint density at radius 3 is 2.21 bits per heavy atom. The van der Waals surface area contributed by atoms with Crippen LogP contribution in [0.4, 0.5) is 32.3 Å². The monoisotopic (exact) mass is 619 g/mol. The molecule has 0 aliphatic carbocycles. The summed E-state index contributed by atoms with van der Waals surface area (Å²) in [6.45, 7) is 5.88. The quantitative estimate of drug-likeness (QED) is 0.335. The lowest BCUT2D eigenvalue weighted by Gasteiger charge is -2.30. The van der Waals surface area contributed by atoms with E-state index in [9.17, 15) is 34.8 Å². The highest BCUT2D eigenvalue weighted by Crippen LogP contribution is 2.38. The first-order valence-corrected chi connectivity index (χ1v) is 15.1. The predicted molar refractivity (Wildman–Crippen MR) is 144 cm³/mol. The number of halogens is 6. The second kappa shape index (κ2) is 12.2. The highest BCUT2D eigenvalue weighted by atomic mass is 32.2. The van der Waals surface area contributed by atoms with Gasteiger partial charge in [-0.2, -0.15) is 26.3 Å². The van der Waals surface area contributed by atoms with E-state index in [1.807, 2.05) is 18.7 Å². The summed E-state index contributed by atoms with van der Waals surface area (Å²) < 4.78 is 110. The molecule has 1 fully saturated rings. The number of hydrogen-bond acceptors (Lipinski definition) is 7. The van der Waals surface area contributed by atoms with Crippen molar-refractivity contribution >= 4 is 16.0 Å². The third-order valence-electron chi connectivity index (χ3n) is 7.12. The van der Waals surface area contributed by atoms with E-state index in [0.29, 0.717) is 44.2 Å². The SMILES string of the molecule is CCN(CC)Cc1ccc(-n2cnc(-c3nc(NC4CCN(S(C)(=O)=O)CC4)ncc3C(F)(F)F)c2)c(C(F)(F)F)c1. The van der Waals surface area contributed by atoms with Crippen molar-refractivity contribution in [2.45, 2.75) is 51.6 Å². The summed E-state index contributed by atoms with van der Waals surface area (Å²) in [5, 5.41) is 2.94. The number of imidazole rings is 1. The van der Waals surface area contributed by atoms with E-state index < -0.39 is 39.2 Å². The van der Waals surface area contributed by atoms with Gasteiger partial charge in [-0.25, -0.2) is 27.7 Å². The number of nitrogens with one attached hydrogen (secondary N) is 1. The Hall–Kier alpha value is -3.24. The fraction of sp³-hybridized carbons (Fsp3) is 0.500. The maximum atomic E-state index is 14.1. The van der Waals surface area contributed by atoms with Crippen molar-refractivity contribution in [1.29, 1.82) is 0 Å². The van der Waals surface area contributed by atoms with E-state index in [-0.39, 0.29) is 36.5 Å². The van der Waals surface area contributed by atoms with E-state index in [1.54, 1.807) is 6.07 Å². The second-order valence-corrected chi connectivity index (χ2v) is 12.0. The lowest BCUT2D eigenvalue weighted by atomic mass is 10.1. The van der Waals surface area contributed by atoms with Crippen LogP contribution in [-0.2, 0) is 28.9 Å². The molecule has 3 heterocycles. The normalized spacial score (nSPS) is 15.9. The van der Waals surface area contributed by atoms with Crippen molar-refractivity contribution in [3.8, 4) is 17.1 Å². The van der Waals surface area contributed by atoms with Crippen molar-refractivity contribution in [1.82, 2.24) is 28.7 Å². The highest BCUT2D eigenvalue weighted by molar-refractivity contribution is 7.88. The molecule has 0 radical (unpaired) electrons. The molecule has 3 aromatic rings. The van der Waals surface area contributed by atoms with Gasteiger partial charge in [0.1, 0.15) is 17.0 Å². The van der Waals surface area contributed by atoms with Crippen LogP contribution in [0.1, 0.15) is 43.4 Å². The van der Waals surface area contributed by atoms with Crippen molar-refractivity contribution in [2.75, 3.05) is 37.8 Å². The molecule has 230 valence electrons. The Balaban J connectivity index is 1.66. The van der Waals surface area contributed by atoms with Crippen LogP contribution in [0.3, 0.4) is 0 Å².